The van der Waals surface area contributed by atoms with Crippen LogP contribution in [0.1, 0.15) is 290 Å². The quantitative estimate of drug-likeness (QED) is 0.0229. The zero-order valence-electron chi connectivity index (χ0n) is 43.5. The second-order valence-corrected chi connectivity index (χ2v) is 20.9. The van der Waals surface area contributed by atoms with Crippen molar-refractivity contribution in [1.82, 2.24) is 0 Å². The van der Waals surface area contributed by atoms with Crippen LogP contribution < -0.4 is 5.73 Å². The van der Waals surface area contributed by atoms with Gasteiger partial charge in [-0.25, -0.2) is 4.57 Å². The van der Waals surface area contributed by atoms with Crippen LogP contribution in [0.25, 0.3) is 0 Å². The number of ether oxygens (including phenoxy) is 2. The molecule has 396 valence electrons. The Morgan fingerprint density at radius 3 is 1.13 bits per heavy atom. The number of allylic oxidation sites excluding steroid dienone is 2. The number of hydrogen-bond acceptors (Lipinski definition) is 9. The monoisotopic (exact) mass is 972 g/mol. The Morgan fingerprint density at radius 2 is 0.761 bits per heavy atom. The van der Waals surface area contributed by atoms with Gasteiger partial charge in [-0.05, 0) is 32.1 Å². The molecule has 0 aromatic heterocycles. The Kier molecular flexibility index (Phi) is 49.3. The highest BCUT2D eigenvalue weighted by Gasteiger charge is 2.28. The summed E-state index contributed by atoms with van der Waals surface area (Å²) in [6.45, 7) is 2.85. The van der Waals surface area contributed by atoms with Gasteiger partial charge in [-0.1, -0.05) is 257 Å². The first-order valence-electron chi connectivity index (χ1n) is 28.2. The highest BCUT2D eigenvalue weighted by molar-refractivity contribution is 7.47. The third-order valence-corrected chi connectivity index (χ3v) is 13.7. The molecule has 0 saturated carbocycles. The van der Waals surface area contributed by atoms with Crippen molar-refractivity contribution in [3.63, 3.8) is 0 Å². The number of aliphatic carboxylic acids is 1. The van der Waals surface area contributed by atoms with Crippen LogP contribution in [0, 0.1) is 0 Å². The van der Waals surface area contributed by atoms with Crippen LogP contribution in [-0.2, 0) is 37.5 Å². The summed E-state index contributed by atoms with van der Waals surface area (Å²) in [4.78, 5) is 46.3. The minimum absolute atomic E-state index is 0.119. The molecule has 0 aromatic rings. The SMILES string of the molecule is CCCCCCCCCCCCCCCCCCCC/C=C/CCCC(=O)O[C@H](COC(=O)CCCCCCCCCCCCCCCCCCCCCC)COP(=O)(O)OC[C@H](N)C(=O)O. The fraction of sp³-hybridized carbons (Fsp3) is 0.909. The zero-order valence-corrected chi connectivity index (χ0v) is 44.4. The van der Waals surface area contributed by atoms with Gasteiger partial charge in [0, 0.05) is 12.8 Å². The van der Waals surface area contributed by atoms with Crippen molar-refractivity contribution in [3.05, 3.63) is 12.2 Å². The number of esters is 2. The van der Waals surface area contributed by atoms with E-state index in [0.717, 1.165) is 32.1 Å². The fourth-order valence-corrected chi connectivity index (χ4v) is 9.15. The number of hydrogen-bond donors (Lipinski definition) is 3. The van der Waals surface area contributed by atoms with Gasteiger partial charge in [-0.15, -0.1) is 0 Å². The number of rotatable bonds is 54. The first-order chi connectivity index (χ1) is 32.6. The number of phosphoric acid groups is 1. The Balaban J connectivity index is 4.17. The van der Waals surface area contributed by atoms with Crippen molar-refractivity contribution < 1.29 is 47.5 Å². The third kappa shape index (κ3) is 50.4. The van der Waals surface area contributed by atoms with Crippen LogP contribution in [0.5, 0.6) is 0 Å². The third-order valence-electron chi connectivity index (χ3n) is 12.8. The minimum Gasteiger partial charge on any atom is -0.480 e. The zero-order chi connectivity index (χ0) is 49.2. The Morgan fingerprint density at radius 1 is 0.448 bits per heavy atom. The molecule has 11 nitrogen and oxygen atoms in total. The molecule has 0 heterocycles. The number of phosphoric ester groups is 1. The topological polar surface area (TPSA) is 172 Å². The normalized spacial score (nSPS) is 13.5. The van der Waals surface area contributed by atoms with Crippen LogP contribution in [-0.4, -0.2) is 59.9 Å². The van der Waals surface area contributed by atoms with Gasteiger partial charge in [0.25, 0.3) is 0 Å². The fourth-order valence-electron chi connectivity index (χ4n) is 8.37. The van der Waals surface area contributed by atoms with Crippen molar-refractivity contribution in [2.45, 2.75) is 302 Å². The van der Waals surface area contributed by atoms with Gasteiger partial charge in [0.15, 0.2) is 6.10 Å². The molecule has 0 aliphatic rings. The molecule has 0 rings (SSSR count). The summed E-state index contributed by atoms with van der Waals surface area (Å²) in [5, 5.41) is 8.94. The summed E-state index contributed by atoms with van der Waals surface area (Å²) in [6.07, 6.45) is 55.8. The molecule has 0 aliphatic carbocycles. The first-order valence-corrected chi connectivity index (χ1v) is 29.7. The highest BCUT2D eigenvalue weighted by Crippen LogP contribution is 2.43. The summed E-state index contributed by atoms with van der Waals surface area (Å²) < 4.78 is 32.9. The van der Waals surface area contributed by atoms with Crippen molar-refractivity contribution in [3.8, 4) is 0 Å². The summed E-state index contributed by atoms with van der Waals surface area (Å²) in [7, 11) is -4.73. The van der Waals surface area contributed by atoms with Crippen molar-refractivity contribution in [2.75, 3.05) is 19.8 Å². The molecule has 0 aliphatic heterocycles. The summed E-state index contributed by atoms with van der Waals surface area (Å²) in [5.41, 5.74) is 5.36. The van der Waals surface area contributed by atoms with Crippen LogP contribution in [0.2, 0.25) is 0 Å². The standard InChI is InChI=1S/C55H106NO10P/c1-3-5-7-9-11-13-15-17-19-21-23-25-26-27-29-31-33-35-37-39-41-43-45-47-54(58)66-51(49-64-67(61,62)65-50-52(56)55(59)60)48-63-53(57)46-44-42-40-38-36-34-32-30-28-24-22-20-18-16-14-12-10-8-6-4-2/h39,41,51-52H,3-38,40,42-50,56H2,1-2H3,(H,59,60)(H,61,62)/b41-39+/t51-,52+/m1/s1. The molecule has 0 radical (unpaired) electrons. The molecule has 4 N–H and O–H groups in total. The molecular weight excluding hydrogens is 866 g/mol. The van der Waals surface area contributed by atoms with E-state index in [2.05, 4.69) is 26.0 Å². The van der Waals surface area contributed by atoms with E-state index in [1.165, 1.54) is 212 Å². The molecule has 0 bridgehead atoms. The predicted molar refractivity (Wildman–Crippen MR) is 277 cm³/mol. The molecule has 67 heavy (non-hydrogen) atoms. The van der Waals surface area contributed by atoms with Crippen LogP contribution in [0.4, 0.5) is 0 Å². The predicted octanol–water partition coefficient (Wildman–Crippen LogP) is 16.4. The molecule has 0 spiro atoms. The van der Waals surface area contributed by atoms with E-state index in [1.54, 1.807) is 0 Å². The molecule has 0 fully saturated rings. The minimum atomic E-state index is -4.73. The number of carboxylic acid groups (broad SMARTS) is 1. The van der Waals surface area contributed by atoms with Crippen LogP contribution in [0.15, 0.2) is 12.2 Å². The van der Waals surface area contributed by atoms with Crippen LogP contribution >= 0.6 is 7.82 Å². The van der Waals surface area contributed by atoms with Crippen molar-refractivity contribution >= 4 is 25.7 Å². The average Bonchev–Trinajstić information content (AvgIpc) is 3.31. The highest BCUT2D eigenvalue weighted by atomic mass is 31.2. The van der Waals surface area contributed by atoms with E-state index in [4.69, 9.17) is 29.4 Å². The molecule has 0 saturated heterocycles. The molecule has 1 unspecified atom stereocenters. The smallest absolute Gasteiger partial charge is 0.472 e. The Bertz CT molecular complexity index is 1190. The van der Waals surface area contributed by atoms with E-state index in [9.17, 15) is 23.8 Å². The number of carbonyl (C=O) groups is 3. The Hall–Kier alpha value is -1.78. The van der Waals surface area contributed by atoms with E-state index >= 15 is 0 Å². The van der Waals surface area contributed by atoms with E-state index in [0.29, 0.717) is 19.3 Å². The molecular formula is C55H106NO10P. The lowest BCUT2D eigenvalue weighted by molar-refractivity contribution is -0.161. The van der Waals surface area contributed by atoms with Gasteiger partial charge in [0.2, 0.25) is 0 Å². The summed E-state index contributed by atoms with van der Waals surface area (Å²) in [5.74, 6) is -2.39. The van der Waals surface area contributed by atoms with Crippen molar-refractivity contribution in [2.24, 2.45) is 5.73 Å². The maximum absolute atomic E-state index is 12.7. The van der Waals surface area contributed by atoms with E-state index in [1.807, 2.05) is 0 Å². The second kappa shape index (κ2) is 50.6. The molecule has 0 aromatic carbocycles. The molecule has 12 heteroatoms. The van der Waals surface area contributed by atoms with Crippen molar-refractivity contribution in [1.29, 1.82) is 0 Å². The number of carboxylic acids is 1. The maximum atomic E-state index is 12.7. The van der Waals surface area contributed by atoms with Gasteiger partial charge in [0.1, 0.15) is 12.6 Å². The lowest BCUT2D eigenvalue weighted by Gasteiger charge is -2.20. The van der Waals surface area contributed by atoms with Gasteiger partial charge < -0.3 is 25.2 Å². The van der Waals surface area contributed by atoms with E-state index < -0.39 is 51.1 Å². The van der Waals surface area contributed by atoms with Gasteiger partial charge >= 0.3 is 25.7 Å². The van der Waals surface area contributed by atoms with Crippen LogP contribution in [0.3, 0.4) is 0 Å². The first kappa shape index (κ1) is 65.2. The lowest BCUT2D eigenvalue weighted by atomic mass is 10.0. The number of carbonyl (C=O) groups excluding carboxylic acids is 2. The van der Waals surface area contributed by atoms with E-state index in [-0.39, 0.29) is 19.4 Å². The average molecular weight is 972 g/mol. The molecule has 0 amide bonds. The maximum Gasteiger partial charge on any atom is 0.472 e. The largest absolute Gasteiger partial charge is 0.480 e. The van der Waals surface area contributed by atoms with Gasteiger partial charge in [0.05, 0.1) is 13.2 Å². The molecule has 3 atom stereocenters. The van der Waals surface area contributed by atoms with Gasteiger partial charge in [-0.2, -0.15) is 0 Å². The lowest BCUT2D eigenvalue weighted by Crippen LogP contribution is -2.34. The summed E-state index contributed by atoms with van der Waals surface area (Å²) in [6, 6.07) is -1.52. The second-order valence-electron chi connectivity index (χ2n) is 19.4. The summed E-state index contributed by atoms with van der Waals surface area (Å²) >= 11 is 0. The number of unbranched alkanes of at least 4 members (excludes halogenated alkanes) is 38. The van der Waals surface area contributed by atoms with Gasteiger partial charge in [-0.3, -0.25) is 23.4 Å². The Labute approximate surface area is 411 Å². The number of nitrogens with two attached hydrogens (primary N) is 1.